The summed E-state index contributed by atoms with van der Waals surface area (Å²) in [5.41, 5.74) is 3.31. The maximum absolute atomic E-state index is 4.74. The third kappa shape index (κ3) is 3.20. The normalized spacial score (nSPS) is 14.8. The highest BCUT2D eigenvalue weighted by atomic mass is 15.4. The fourth-order valence-corrected chi connectivity index (χ4v) is 3.28. The first-order valence-electron chi connectivity index (χ1n) is 8.62. The number of para-hydroxylation sites is 1. The van der Waals surface area contributed by atoms with E-state index in [4.69, 9.17) is 4.98 Å². The molecule has 3 aromatic rings. The summed E-state index contributed by atoms with van der Waals surface area (Å²) in [5, 5.41) is 4.48. The standard InChI is InChI=1S/C19H22N6/c1-15-14-16(2)25(22-15)19-20-9-8-18(21-19)24-12-10-23(11-13-24)17-6-4-3-5-7-17/h3-9,14H,10-13H2,1-2H3. The summed E-state index contributed by atoms with van der Waals surface area (Å²) >= 11 is 0. The van der Waals surface area contributed by atoms with Crippen molar-refractivity contribution < 1.29 is 0 Å². The maximum Gasteiger partial charge on any atom is 0.252 e. The molecule has 0 spiro atoms. The Bertz CT molecular complexity index is 849. The monoisotopic (exact) mass is 334 g/mol. The number of aryl methyl sites for hydroxylation is 2. The van der Waals surface area contributed by atoms with Crippen LogP contribution in [-0.4, -0.2) is 45.9 Å². The van der Waals surface area contributed by atoms with E-state index >= 15 is 0 Å². The second-order valence-electron chi connectivity index (χ2n) is 6.36. The average molecular weight is 334 g/mol. The van der Waals surface area contributed by atoms with Crippen molar-refractivity contribution in [3.63, 3.8) is 0 Å². The van der Waals surface area contributed by atoms with E-state index in [1.165, 1.54) is 5.69 Å². The van der Waals surface area contributed by atoms with E-state index in [-0.39, 0.29) is 0 Å². The van der Waals surface area contributed by atoms with Gasteiger partial charge in [0.1, 0.15) is 5.82 Å². The van der Waals surface area contributed by atoms with Crippen LogP contribution in [0.4, 0.5) is 11.5 Å². The van der Waals surface area contributed by atoms with Crippen LogP contribution in [0.1, 0.15) is 11.4 Å². The summed E-state index contributed by atoms with van der Waals surface area (Å²) in [6, 6.07) is 14.6. The molecule has 1 aliphatic rings. The zero-order valence-corrected chi connectivity index (χ0v) is 14.6. The van der Waals surface area contributed by atoms with Crippen LogP contribution in [0.5, 0.6) is 0 Å². The average Bonchev–Trinajstić information content (AvgIpc) is 3.01. The first kappa shape index (κ1) is 15.6. The van der Waals surface area contributed by atoms with Crippen LogP contribution in [0.3, 0.4) is 0 Å². The van der Waals surface area contributed by atoms with Gasteiger partial charge in [-0.05, 0) is 38.1 Å². The quantitative estimate of drug-likeness (QED) is 0.737. The summed E-state index contributed by atoms with van der Waals surface area (Å²) in [4.78, 5) is 13.9. The van der Waals surface area contributed by atoms with Crippen molar-refractivity contribution in [1.29, 1.82) is 0 Å². The molecule has 2 aromatic heterocycles. The van der Waals surface area contributed by atoms with Crippen LogP contribution in [0.15, 0.2) is 48.7 Å². The van der Waals surface area contributed by atoms with Gasteiger partial charge in [-0.25, -0.2) is 9.67 Å². The van der Waals surface area contributed by atoms with E-state index in [2.05, 4.69) is 50.2 Å². The first-order valence-corrected chi connectivity index (χ1v) is 8.62. The Morgan fingerprint density at radius 2 is 1.60 bits per heavy atom. The van der Waals surface area contributed by atoms with Gasteiger partial charge in [0, 0.05) is 43.8 Å². The second kappa shape index (κ2) is 6.55. The predicted molar refractivity (Wildman–Crippen MR) is 99.5 cm³/mol. The highest BCUT2D eigenvalue weighted by Crippen LogP contribution is 2.19. The summed E-state index contributed by atoms with van der Waals surface area (Å²) in [5.74, 6) is 1.60. The van der Waals surface area contributed by atoms with E-state index < -0.39 is 0 Å². The SMILES string of the molecule is Cc1cc(C)n(-c2nccc(N3CCN(c4ccccc4)CC3)n2)n1. The van der Waals surface area contributed by atoms with Crippen molar-refractivity contribution in [3.8, 4) is 5.95 Å². The molecule has 1 aliphatic heterocycles. The third-order valence-corrected chi connectivity index (χ3v) is 4.55. The number of nitrogens with zero attached hydrogens (tertiary/aromatic N) is 6. The van der Waals surface area contributed by atoms with Gasteiger partial charge in [-0.3, -0.25) is 0 Å². The van der Waals surface area contributed by atoms with Crippen LogP contribution < -0.4 is 9.80 Å². The molecule has 25 heavy (non-hydrogen) atoms. The van der Waals surface area contributed by atoms with E-state index in [9.17, 15) is 0 Å². The molecule has 0 amide bonds. The number of piperazine rings is 1. The van der Waals surface area contributed by atoms with Crippen LogP contribution in [-0.2, 0) is 0 Å². The van der Waals surface area contributed by atoms with Gasteiger partial charge in [0.05, 0.1) is 5.69 Å². The Morgan fingerprint density at radius 3 is 2.28 bits per heavy atom. The molecular weight excluding hydrogens is 312 g/mol. The van der Waals surface area contributed by atoms with Gasteiger partial charge in [-0.1, -0.05) is 18.2 Å². The molecule has 0 aliphatic carbocycles. The number of aromatic nitrogens is 4. The van der Waals surface area contributed by atoms with E-state index in [0.29, 0.717) is 5.95 Å². The fourth-order valence-electron chi connectivity index (χ4n) is 3.28. The molecule has 6 nitrogen and oxygen atoms in total. The molecule has 3 heterocycles. The van der Waals surface area contributed by atoms with Gasteiger partial charge in [-0.2, -0.15) is 10.1 Å². The minimum Gasteiger partial charge on any atom is -0.368 e. The number of hydrogen-bond donors (Lipinski definition) is 0. The molecule has 0 atom stereocenters. The van der Waals surface area contributed by atoms with Gasteiger partial charge in [0.15, 0.2) is 0 Å². The highest BCUT2D eigenvalue weighted by Gasteiger charge is 2.19. The second-order valence-corrected chi connectivity index (χ2v) is 6.36. The molecule has 4 rings (SSSR count). The van der Waals surface area contributed by atoms with E-state index in [0.717, 1.165) is 43.4 Å². The van der Waals surface area contributed by atoms with Crippen molar-refractivity contribution in [2.24, 2.45) is 0 Å². The fraction of sp³-hybridized carbons (Fsp3) is 0.316. The Kier molecular flexibility index (Phi) is 4.09. The molecule has 128 valence electrons. The predicted octanol–water partition coefficient (Wildman–Crippen LogP) is 2.61. The zero-order valence-electron chi connectivity index (χ0n) is 14.6. The minimum absolute atomic E-state index is 0.633. The van der Waals surface area contributed by atoms with Crippen LogP contribution in [0, 0.1) is 13.8 Å². The Hall–Kier alpha value is -2.89. The lowest BCUT2D eigenvalue weighted by molar-refractivity contribution is 0.644. The Morgan fingerprint density at radius 1 is 0.880 bits per heavy atom. The largest absolute Gasteiger partial charge is 0.368 e. The topological polar surface area (TPSA) is 50.1 Å². The summed E-state index contributed by atoms with van der Waals surface area (Å²) < 4.78 is 1.80. The highest BCUT2D eigenvalue weighted by molar-refractivity contribution is 5.49. The molecule has 0 radical (unpaired) electrons. The molecule has 6 heteroatoms. The molecular formula is C19H22N6. The number of hydrogen-bond acceptors (Lipinski definition) is 5. The molecule has 0 saturated carbocycles. The van der Waals surface area contributed by atoms with E-state index in [1.807, 2.05) is 32.2 Å². The summed E-state index contributed by atoms with van der Waals surface area (Å²) in [6.07, 6.45) is 1.82. The van der Waals surface area contributed by atoms with Gasteiger partial charge in [0.2, 0.25) is 0 Å². The van der Waals surface area contributed by atoms with Crippen molar-refractivity contribution in [1.82, 2.24) is 19.7 Å². The lowest BCUT2D eigenvalue weighted by Gasteiger charge is -2.36. The molecule has 0 unspecified atom stereocenters. The Labute approximate surface area is 147 Å². The smallest absolute Gasteiger partial charge is 0.252 e. The van der Waals surface area contributed by atoms with Crippen molar-refractivity contribution in [2.75, 3.05) is 36.0 Å². The minimum atomic E-state index is 0.633. The molecule has 1 aromatic carbocycles. The first-order chi connectivity index (χ1) is 12.2. The van der Waals surface area contributed by atoms with Crippen molar-refractivity contribution >= 4 is 11.5 Å². The van der Waals surface area contributed by atoms with Gasteiger partial charge < -0.3 is 9.80 Å². The molecule has 0 bridgehead atoms. The molecule has 0 N–H and O–H groups in total. The van der Waals surface area contributed by atoms with Crippen LogP contribution in [0.2, 0.25) is 0 Å². The lowest BCUT2D eigenvalue weighted by Crippen LogP contribution is -2.46. The number of anilines is 2. The van der Waals surface area contributed by atoms with Crippen molar-refractivity contribution in [2.45, 2.75) is 13.8 Å². The Balaban J connectivity index is 1.50. The van der Waals surface area contributed by atoms with E-state index in [1.54, 1.807) is 4.68 Å². The number of benzene rings is 1. The van der Waals surface area contributed by atoms with Crippen molar-refractivity contribution in [3.05, 3.63) is 60.0 Å². The molecule has 1 fully saturated rings. The number of rotatable bonds is 3. The molecule has 1 saturated heterocycles. The van der Waals surface area contributed by atoms with Gasteiger partial charge in [0.25, 0.3) is 5.95 Å². The summed E-state index contributed by atoms with van der Waals surface area (Å²) in [7, 11) is 0. The van der Waals surface area contributed by atoms with Gasteiger partial charge in [-0.15, -0.1) is 0 Å². The zero-order chi connectivity index (χ0) is 17.2. The lowest BCUT2D eigenvalue weighted by atomic mass is 10.2. The third-order valence-electron chi connectivity index (χ3n) is 4.55. The van der Waals surface area contributed by atoms with Gasteiger partial charge >= 0.3 is 0 Å². The van der Waals surface area contributed by atoms with Crippen LogP contribution in [0.25, 0.3) is 5.95 Å². The summed E-state index contributed by atoms with van der Waals surface area (Å²) in [6.45, 7) is 7.88. The van der Waals surface area contributed by atoms with Crippen LogP contribution >= 0.6 is 0 Å². The maximum atomic E-state index is 4.74.